The number of methoxy groups -OCH3 is 1. The minimum Gasteiger partial charge on any atom is -0.469 e. The lowest BCUT2D eigenvalue weighted by atomic mass is 9.43. The third kappa shape index (κ3) is 4.87. The van der Waals surface area contributed by atoms with Crippen LogP contribution in [0.15, 0.2) is 0 Å². The normalized spacial score (nSPS) is 43.2. The fourth-order valence-corrected chi connectivity index (χ4v) is 9.59. The van der Waals surface area contributed by atoms with Crippen molar-refractivity contribution in [2.45, 2.75) is 111 Å². The smallest absolute Gasteiger partial charge is 0.305 e. The van der Waals surface area contributed by atoms with E-state index in [4.69, 9.17) is 14.2 Å². The number of carbonyl (C=O) groups is 3. The van der Waals surface area contributed by atoms with Crippen molar-refractivity contribution < 1.29 is 28.6 Å². The second-order valence-corrected chi connectivity index (χ2v) is 12.7. The standard InChI is InChI=1S/C29H46O6/c1-17(7-12-26(32)33-6)23-10-11-24-22-9-8-20-15-21(34-18(2)30)13-14-28(20,4)27(22)25(35-19(3)31)16-29(23,24)5/h17,20-25,27H,7-16H2,1-6H3/t17-,20+,21+,22-,23-,24+,25+,27+,28-,29+/m0/s1. The zero-order valence-electron chi connectivity index (χ0n) is 22.6. The molecule has 0 saturated heterocycles. The van der Waals surface area contributed by atoms with E-state index in [0.29, 0.717) is 41.9 Å². The lowest BCUT2D eigenvalue weighted by Crippen LogP contribution is -2.60. The van der Waals surface area contributed by atoms with Gasteiger partial charge in [0.15, 0.2) is 0 Å². The molecule has 0 heterocycles. The second kappa shape index (κ2) is 10.0. The molecule has 198 valence electrons. The maximum atomic E-state index is 12.3. The van der Waals surface area contributed by atoms with E-state index in [0.717, 1.165) is 38.5 Å². The zero-order chi connectivity index (χ0) is 25.5. The average molecular weight is 491 g/mol. The van der Waals surface area contributed by atoms with Gasteiger partial charge in [0.1, 0.15) is 12.2 Å². The molecule has 0 radical (unpaired) electrons. The van der Waals surface area contributed by atoms with Crippen molar-refractivity contribution in [3.63, 3.8) is 0 Å². The van der Waals surface area contributed by atoms with Gasteiger partial charge >= 0.3 is 17.9 Å². The van der Waals surface area contributed by atoms with Crippen molar-refractivity contribution in [2.75, 3.05) is 7.11 Å². The molecular weight excluding hydrogens is 444 g/mol. The lowest BCUT2D eigenvalue weighted by Gasteiger charge is -2.63. The summed E-state index contributed by atoms with van der Waals surface area (Å²) in [6.07, 6.45) is 9.80. The van der Waals surface area contributed by atoms with Crippen LogP contribution in [0.1, 0.15) is 98.8 Å². The fourth-order valence-electron chi connectivity index (χ4n) is 9.59. The third-order valence-corrected chi connectivity index (χ3v) is 11.0. The van der Waals surface area contributed by atoms with Crippen molar-refractivity contribution in [3.05, 3.63) is 0 Å². The summed E-state index contributed by atoms with van der Waals surface area (Å²) >= 11 is 0. The largest absolute Gasteiger partial charge is 0.469 e. The van der Waals surface area contributed by atoms with Gasteiger partial charge in [-0.3, -0.25) is 14.4 Å². The van der Waals surface area contributed by atoms with E-state index in [1.807, 2.05) is 0 Å². The van der Waals surface area contributed by atoms with Crippen molar-refractivity contribution in [3.8, 4) is 0 Å². The number of rotatable bonds is 6. The molecule has 6 heteroatoms. The van der Waals surface area contributed by atoms with Gasteiger partial charge in [0.2, 0.25) is 0 Å². The van der Waals surface area contributed by atoms with Gasteiger partial charge in [-0.25, -0.2) is 0 Å². The molecule has 6 nitrogen and oxygen atoms in total. The highest BCUT2D eigenvalue weighted by Crippen LogP contribution is 2.69. The Balaban J connectivity index is 1.58. The number of carbonyl (C=O) groups excluding carboxylic acids is 3. The molecule has 4 aliphatic rings. The Labute approximate surface area is 211 Å². The summed E-state index contributed by atoms with van der Waals surface area (Å²) in [6, 6.07) is 0. The van der Waals surface area contributed by atoms with Crippen molar-refractivity contribution in [2.24, 2.45) is 46.3 Å². The first kappa shape index (κ1) is 26.5. The van der Waals surface area contributed by atoms with E-state index in [1.54, 1.807) is 6.92 Å². The minimum atomic E-state index is -0.183. The monoisotopic (exact) mass is 490 g/mol. The van der Waals surface area contributed by atoms with Crippen LogP contribution >= 0.6 is 0 Å². The van der Waals surface area contributed by atoms with Crippen LogP contribution in [0.3, 0.4) is 0 Å². The predicted molar refractivity (Wildman–Crippen MR) is 132 cm³/mol. The molecule has 0 bridgehead atoms. The first-order chi connectivity index (χ1) is 16.5. The van der Waals surface area contributed by atoms with Gasteiger partial charge in [0.25, 0.3) is 0 Å². The van der Waals surface area contributed by atoms with Crippen LogP contribution in [0.2, 0.25) is 0 Å². The van der Waals surface area contributed by atoms with Gasteiger partial charge in [0.05, 0.1) is 7.11 Å². The van der Waals surface area contributed by atoms with Crippen LogP contribution in [-0.4, -0.2) is 37.2 Å². The van der Waals surface area contributed by atoms with Gasteiger partial charge in [-0.15, -0.1) is 0 Å². The van der Waals surface area contributed by atoms with Crippen molar-refractivity contribution in [1.29, 1.82) is 0 Å². The molecule has 35 heavy (non-hydrogen) atoms. The van der Waals surface area contributed by atoms with Crippen LogP contribution in [0.5, 0.6) is 0 Å². The molecule has 0 N–H and O–H groups in total. The van der Waals surface area contributed by atoms with Gasteiger partial charge < -0.3 is 14.2 Å². The molecule has 0 spiro atoms. The summed E-state index contributed by atoms with van der Waals surface area (Å²) in [6.45, 7) is 10.2. The molecule has 10 atom stereocenters. The predicted octanol–water partition coefficient (Wildman–Crippen LogP) is 5.71. The highest BCUT2D eigenvalue weighted by atomic mass is 16.5. The van der Waals surface area contributed by atoms with Crippen molar-refractivity contribution in [1.82, 2.24) is 0 Å². The van der Waals surface area contributed by atoms with Crippen LogP contribution in [0.4, 0.5) is 0 Å². The Hall–Kier alpha value is -1.59. The van der Waals surface area contributed by atoms with Crippen LogP contribution < -0.4 is 0 Å². The summed E-state index contributed by atoms with van der Waals surface area (Å²) in [5, 5.41) is 0. The summed E-state index contributed by atoms with van der Waals surface area (Å²) in [5.41, 5.74) is 0.227. The van der Waals surface area contributed by atoms with Gasteiger partial charge in [-0.1, -0.05) is 20.8 Å². The molecule has 0 aromatic heterocycles. The topological polar surface area (TPSA) is 78.9 Å². The zero-order valence-corrected chi connectivity index (χ0v) is 22.6. The quantitative estimate of drug-likeness (QED) is 0.351. The Morgan fingerprint density at radius 3 is 2.31 bits per heavy atom. The van der Waals surface area contributed by atoms with Crippen LogP contribution in [0, 0.1) is 46.3 Å². The van der Waals surface area contributed by atoms with Crippen LogP contribution in [-0.2, 0) is 28.6 Å². The van der Waals surface area contributed by atoms with Gasteiger partial charge in [-0.2, -0.15) is 0 Å². The third-order valence-electron chi connectivity index (χ3n) is 11.0. The molecule has 0 aliphatic heterocycles. The van der Waals surface area contributed by atoms with E-state index in [9.17, 15) is 14.4 Å². The first-order valence-corrected chi connectivity index (χ1v) is 13.9. The molecule has 4 saturated carbocycles. The number of esters is 3. The molecule has 4 fully saturated rings. The Morgan fingerprint density at radius 1 is 0.943 bits per heavy atom. The van der Waals surface area contributed by atoms with Crippen LogP contribution in [0.25, 0.3) is 0 Å². The number of fused-ring (bicyclic) bond motifs is 5. The summed E-state index contributed by atoms with van der Waals surface area (Å²) in [5.74, 6) is 2.53. The average Bonchev–Trinajstić information content (AvgIpc) is 3.13. The molecule has 0 aromatic carbocycles. The molecule has 0 amide bonds. The fraction of sp³-hybridized carbons (Fsp3) is 0.897. The van der Waals surface area contributed by atoms with E-state index in [2.05, 4.69) is 20.8 Å². The summed E-state index contributed by atoms with van der Waals surface area (Å²) < 4.78 is 16.7. The SMILES string of the molecule is COC(=O)CC[C@H](C)[C@@H]1CC[C@@H]2[C@@H]3CC[C@@H]4C[C@H](OC(C)=O)CC[C@]4(C)[C@H]3[C@H](OC(C)=O)C[C@@]21C. The molecule has 4 aliphatic carbocycles. The first-order valence-electron chi connectivity index (χ1n) is 13.9. The summed E-state index contributed by atoms with van der Waals surface area (Å²) in [4.78, 5) is 35.7. The van der Waals surface area contributed by atoms with E-state index in [1.165, 1.54) is 33.3 Å². The van der Waals surface area contributed by atoms with Crippen molar-refractivity contribution >= 4 is 17.9 Å². The summed E-state index contributed by atoms with van der Waals surface area (Å²) in [7, 11) is 1.46. The molecule has 0 unspecified atom stereocenters. The molecule has 4 rings (SSSR count). The van der Waals surface area contributed by atoms with E-state index < -0.39 is 0 Å². The van der Waals surface area contributed by atoms with E-state index in [-0.39, 0.29) is 40.9 Å². The maximum absolute atomic E-state index is 12.3. The Kier molecular flexibility index (Phi) is 7.60. The van der Waals surface area contributed by atoms with Gasteiger partial charge in [-0.05, 0) is 98.2 Å². The Bertz CT molecular complexity index is 824. The molecular formula is C29H46O6. The lowest BCUT2D eigenvalue weighted by molar-refractivity contribution is -0.201. The highest BCUT2D eigenvalue weighted by molar-refractivity contribution is 5.69. The number of hydrogen-bond acceptors (Lipinski definition) is 6. The molecule has 0 aromatic rings. The van der Waals surface area contributed by atoms with E-state index >= 15 is 0 Å². The van der Waals surface area contributed by atoms with Gasteiger partial charge in [0, 0.05) is 26.2 Å². The second-order valence-electron chi connectivity index (χ2n) is 12.7. The minimum absolute atomic E-state index is 0.0229. The maximum Gasteiger partial charge on any atom is 0.305 e. The Morgan fingerprint density at radius 2 is 1.66 bits per heavy atom. The number of ether oxygens (including phenoxy) is 3. The number of hydrogen-bond donors (Lipinski definition) is 0. The highest BCUT2D eigenvalue weighted by Gasteiger charge is 2.64.